The van der Waals surface area contributed by atoms with Gasteiger partial charge in [-0.15, -0.1) is 0 Å². The van der Waals surface area contributed by atoms with Gasteiger partial charge in [0.05, 0.1) is 13.0 Å². The van der Waals surface area contributed by atoms with Crippen LogP contribution in [0.3, 0.4) is 0 Å². The second kappa shape index (κ2) is 6.50. The number of halogens is 1. The molecule has 1 aromatic rings. The molecule has 0 radical (unpaired) electrons. The summed E-state index contributed by atoms with van der Waals surface area (Å²) < 4.78 is 18.1. The van der Waals surface area contributed by atoms with Crippen LogP contribution in [0, 0.1) is 17.7 Å². The summed E-state index contributed by atoms with van der Waals surface area (Å²) in [6.07, 6.45) is 0. The molecule has 0 aliphatic rings. The predicted molar refractivity (Wildman–Crippen MR) is 68.5 cm³/mol. The lowest BCUT2D eigenvalue weighted by molar-refractivity contribution is -0.148. The Kier molecular flexibility index (Phi) is 5.28. The van der Waals surface area contributed by atoms with Crippen LogP contribution >= 0.6 is 0 Å². The van der Waals surface area contributed by atoms with Crippen LogP contribution < -0.4 is 5.32 Å². The molecular weight excluding hydrogens is 233 g/mol. The van der Waals surface area contributed by atoms with E-state index < -0.39 is 0 Å². The standard InChI is InChI=1S/C14H20FNO2/c1-9(2)12(14(17)18-4)13(16-3)10-6-5-7-11(15)8-10/h5-9,12-13,16H,1-4H3. The molecule has 0 heterocycles. The lowest BCUT2D eigenvalue weighted by atomic mass is 9.84. The highest BCUT2D eigenvalue weighted by Crippen LogP contribution is 2.29. The number of hydrogen-bond donors (Lipinski definition) is 1. The summed E-state index contributed by atoms with van der Waals surface area (Å²) in [5.41, 5.74) is 0.751. The summed E-state index contributed by atoms with van der Waals surface area (Å²) in [5, 5.41) is 3.07. The van der Waals surface area contributed by atoms with E-state index in [1.807, 2.05) is 19.9 Å². The number of carbonyl (C=O) groups is 1. The van der Waals surface area contributed by atoms with Gasteiger partial charge in [-0.25, -0.2) is 4.39 Å². The Labute approximate surface area is 107 Å². The first-order chi connectivity index (χ1) is 8.51. The van der Waals surface area contributed by atoms with Gasteiger partial charge in [0.15, 0.2) is 0 Å². The monoisotopic (exact) mass is 253 g/mol. The molecule has 1 aromatic carbocycles. The fraction of sp³-hybridized carbons (Fsp3) is 0.500. The predicted octanol–water partition coefficient (Wildman–Crippen LogP) is 2.53. The van der Waals surface area contributed by atoms with Gasteiger partial charge >= 0.3 is 5.97 Å². The molecule has 4 heteroatoms. The molecule has 18 heavy (non-hydrogen) atoms. The van der Waals surface area contributed by atoms with Crippen LogP contribution in [0.2, 0.25) is 0 Å². The minimum absolute atomic E-state index is 0.0955. The van der Waals surface area contributed by atoms with Crippen molar-refractivity contribution in [3.63, 3.8) is 0 Å². The van der Waals surface area contributed by atoms with E-state index in [1.165, 1.54) is 19.2 Å². The van der Waals surface area contributed by atoms with Crippen molar-refractivity contribution in [2.75, 3.05) is 14.2 Å². The van der Waals surface area contributed by atoms with Crippen molar-refractivity contribution in [3.8, 4) is 0 Å². The van der Waals surface area contributed by atoms with Crippen molar-refractivity contribution in [2.24, 2.45) is 11.8 Å². The maximum Gasteiger partial charge on any atom is 0.310 e. The van der Waals surface area contributed by atoms with Crippen LogP contribution in [-0.4, -0.2) is 20.1 Å². The maximum absolute atomic E-state index is 13.3. The van der Waals surface area contributed by atoms with E-state index >= 15 is 0 Å². The third-order valence-electron chi connectivity index (χ3n) is 3.07. The van der Waals surface area contributed by atoms with E-state index in [9.17, 15) is 9.18 Å². The van der Waals surface area contributed by atoms with Crippen molar-refractivity contribution in [1.82, 2.24) is 5.32 Å². The zero-order chi connectivity index (χ0) is 13.7. The quantitative estimate of drug-likeness (QED) is 0.819. The number of benzene rings is 1. The van der Waals surface area contributed by atoms with Crippen molar-refractivity contribution in [3.05, 3.63) is 35.6 Å². The first-order valence-electron chi connectivity index (χ1n) is 6.01. The molecule has 3 nitrogen and oxygen atoms in total. The van der Waals surface area contributed by atoms with Crippen LogP contribution in [0.4, 0.5) is 4.39 Å². The molecule has 0 saturated heterocycles. The molecule has 0 amide bonds. The van der Waals surface area contributed by atoms with Crippen molar-refractivity contribution >= 4 is 5.97 Å². The Morgan fingerprint density at radius 3 is 2.50 bits per heavy atom. The van der Waals surface area contributed by atoms with E-state index in [0.29, 0.717) is 0 Å². The second-order valence-electron chi connectivity index (χ2n) is 4.61. The number of methoxy groups -OCH3 is 1. The number of carbonyl (C=O) groups excluding carboxylic acids is 1. The Hall–Kier alpha value is -1.42. The minimum atomic E-state index is -0.346. The lowest BCUT2D eigenvalue weighted by Gasteiger charge is -2.28. The molecule has 0 spiro atoms. The summed E-state index contributed by atoms with van der Waals surface area (Å²) in [6, 6.07) is 6.03. The second-order valence-corrected chi connectivity index (χ2v) is 4.61. The van der Waals surface area contributed by atoms with Gasteiger partial charge in [0.25, 0.3) is 0 Å². The number of rotatable bonds is 5. The minimum Gasteiger partial charge on any atom is -0.469 e. The van der Waals surface area contributed by atoms with Gasteiger partial charge in [0.1, 0.15) is 5.82 Å². The molecule has 2 unspecified atom stereocenters. The van der Waals surface area contributed by atoms with Gasteiger partial charge < -0.3 is 10.1 Å². The van der Waals surface area contributed by atoms with E-state index in [4.69, 9.17) is 4.74 Å². The van der Waals surface area contributed by atoms with Gasteiger partial charge in [0, 0.05) is 6.04 Å². The number of esters is 1. The Balaban J connectivity index is 3.10. The van der Waals surface area contributed by atoms with Crippen molar-refractivity contribution in [2.45, 2.75) is 19.9 Å². The summed E-state index contributed by atoms with van der Waals surface area (Å²) in [5.74, 6) is -0.839. The molecule has 1 N–H and O–H groups in total. The van der Waals surface area contributed by atoms with Crippen LogP contribution in [0.15, 0.2) is 24.3 Å². The maximum atomic E-state index is 13.3. The molecule has 100 valence electrons. The van der Waals surface area contributed by atoms with E-state index in [0.717, 1.165) is 5.56 Å². The largest absolute Gasteiger partial charge is 0.469 e. The first kappa shape index (κ1) is 14.6. The highest BCUT2D eigenvalue weighted by molar-refractivity contribution is 5.73. The lowest BCUT2D eigenvalue weighted by Crippen LogP contribution is -2.35. The average molecular weight is 253 g/mol. The highest BCUT2D eigenvalue weighted by atomic mass is 19.1. The Bertz CT molecular complexity index is 407. The van der Waals surface area contributed by atoms with Gasteiger partial charge in [-0.2, -0.15) is 0 Å². The molecule has 0 saturated carbocycles. The first-order valence-corrected chi connectivity index (χ1v) is 6.01. The molecular formula is C14H20FNO2. The fourth-order valence-corrected chi connectivity index (χ4v) is 2.18. The Morgan fingerprint density at radius 2 is 2.06 bits per heavy atom. The molecule has 0 aliphatic heterocycles. The van der Waals surface area contributed by atoms with Gasteiger partial charge in [-0.05, 0) is 30.7 Å². The van der Waals surface area contributed by atoms with Crippen LogP contribution in [0.25, 0.3) is 0 Å². The van der Waals surface area contributed by atoms with Crippen molar-refractivity contribution in [1.29, 1.82) is 0 Å². The molecule has 0 bridgehead atoms. The van der Waals surface area contributed by atoms with Gasteiger partial charge in [0.2, 0.25) is 0 Å². The number of nitrogens with one attached hydrogen (secondary N) is 1. The topological polar surface area (TPSA) is 38.3 Å². The fourth-order valence-electron chi connectivity index (χ4n) is 2.18. The highest BCUT2D eigenvalue weighted by Gasteiger charge is 2.32. The summed E-state index contributed by atoms with van der Waals surface area (Å²) in [6.45, 7) is 3.90. The number of ether oxygens (including phenoxy) is 1. The van der Waals surface area contributed by atoms with Gasteiger partial charge in [-0.1, -0.05) is 26.0 Å². The summed E-state index contributed by atoms with van der Waals surface area (Å²) in [7, 11) is 3.13. The molecule has 2 atom stereocenters. The Morgan fingerprint density at radius 1 is 1.39 bits per heavy atom. The zero-order valence-corrected chi connectivity index (χ0v) is 11.2. The van der Waals surface area contributed by atoms with Crippen molar-refractivity contribution < 1.29 is 13.9 Å². The van der Waals surface area contributed by atoms with Crippen LogP contribution in [-0.2, 0) is 9.53 Å². The molecule has 0 aliphatic carbocycles. The normalized spacial score (nSPS) is 14.3. The molecule has 0 aromatic heterocycles. The number of hydrogen-bond acceptors (Lipinski definition) is 3. The van der Waals surface area contributed by atoms with E-state index in [-0.39, 0.29) is 29.7 Å². The molecule has 1 rings (SSSR count). The third-order valence-corrected chi connectivity index (χ3v) is 3.07. The summed E-state index contributed by atoms with van der Waals surface area (Å²) in [4.78, 5) is 11.9. The smallest absolute Gasteiger partial charge is 0.310 e. The third kappa shape index (κ3) is 3.29. The van der Waals surface area contributed by atoms with E-state index in [2.05, 4.69) is 5.32 Å². The van der Waals surface area contributed by atoms with Gasteiger partial charge in [-0.3, -0.25) is 4.79 Å². The summed E-state index contributed by atoms with van der Waals surface area (Å²) >= 11 is 0. The van der Waals surface area contributed by atoms with E-state index in [1.54, 1.807) is 13.1 Å². The molecule has 0 fully saturated rings. The zero-order valence-electron chi connectivity index (χ0n) is 11.2. The van der Waals surface area contributed by atoms with Crippen LogP contribution in [0.5, 0.6) is 0 Å². The van der Waals surface area contributed by atoms with Crippen LogP contribution in [0.1, 0.15) is 25.5 Å². The SMILES string of the molecule is CNC(c1cccc(F)c1)C(C(=O)OC)C(C)C. The average Bonchev–Trinajstić information content (AvgIpc) is 2.34.